The number of hydrogen-bond donors (Lipinski definition) is 1. The topological polar surface area (TPSA) is 56.9 Å². The fraction of sp³-hybridized carbons (Fsp3) is 0.333. The minimum atomic E-state index is -4.57. The van der Waals surface area contributed by atoms with E-state index in [2.05, 4.69) is 4.98 Å². The number of nitrogens with zero attached hydrogens (tertiary/aromatic N) is 2. The second kappa shape index (κ2) is 4.28. The maximum atomic E-state index is 12.4. The zero-order chi connectivity index (χ0) is 11.5. The molecule has 0 aliphatic heterocycles. The molecule has 1 aromatic rings. The van der Waals surface area contributed by atoms with Gasteiger partial charge in [0.05, 0.1) is 23.7 Å². The largest absolute Gasteiger partial charge is 0.418 e. The first-order valence-electron chi connectivity index (χ1n) is 4.04. The molecule has 0 amide bonds. The Balaban J connectivity index is 3.13. The van der Waals surface area contributed by atoms with Crippen molar-refractivity contribution in [2.75, 3.05) is 0 Å². The summed E-state index contributed by atoms with van der Waals surface area (Å²) in [6, 6.07) is 3.54. The zero-order valence-electron chi connectivity index (χ0n) is 7.49. The second-order valence-corrected chi connectivity index (χ2v) is 2.81. The van der Waals surface area contributed by atoms with Gasteiger partial charge in [0.2, 0.25) is 0 Å². The predicted molar refractivity (Wildman–Crippen MR) is 44.4 cm³/mol. The van der Waals surface area contributed by atoms with Gasteiger partial charge in [0, 0.05) is 6.20 Å². The Morgan fingerprint density at radius 1 is 1.53 bits per heavy atom. The van der Waals surface area contributed by atoms with Gasteiger partial charge in [-0.15, -0.1) is 0 Å². The highest BCUT2D eigenvalue weighted by Gasteiger charge is 2.35. The van der Waals surface area contributed by atoms with Crippen molar-refractivity contribution in [3.8, 4) is 6.07 Å². The standard InChI is InChI=1S/C9H7F3N2O/c10-9(11,12)6-2-1-5-14-8(6)7(15)3-4-13/h1-2,5,7,15H,3H2. The lowest BCUT2D eigenvalue weighted by Crippen LogP contribution is -2.13. The number of alkyl halides is 3. The molecule has 0 saturated heterocycles. The molecule has 0 aromatic carbocycles. The SMILES string of the molecule is N#CCC(O)c1ncccc1C(F)(F)F. The van der Waals surface area contributed by atoms with E-state index in [9.17, 15) is 18.3 Å². The summed E-state index contributed by atoms with van der Waals surface area (Å²) in [6.45, 7) is 0. The molecule has 1 aromatic heterocycles. The molecule has 15 heavy (non-hydrogen) atoms. The molecule has 0 saturated carbocycles. The number of hydrogen-bond acceptors (Lipinski definition) is 3. The molecule has 1 heterocycles. The second-order valence-electron chi connectivity index (χ2n) is 2.81. The van der Waals surface area contributed by atoms with E-state index in [1.54, 1.807) is 6.07 Å². The van der Waals surface area contributed by atoms with E-state index in [-0.39, 0.29) is 0 Å². The van der Waals surface area contributed by atoms with Crippen molar-refractivity contribution >= 4 is 0 Å². The van der Waals surface area contributed by atoms with Crippen molar-refractivity contribution in [2.45, 2.75) is 18.7 Å². The Labute approximate surface area is 83.8 Å². The molecule has 0 aliphatic rings. The molecule has 0 spiro atoms. The molecular weight excluding hydrogens is 209 g/mol. The van der Waals surface area contributed by atoms with E-state index in [1.165, 1.54) is 0 Å². The van der Waals surface area contributed by atoms with Crippen LogP contribution >= 0.6 is 0 Å². The number of rotatable bonds is 2. The molecular formula is C9H7F3N2O. The van der Waals surface area contributed by atoms with Gasteiger partial charge in [-0.25, -0.2) is 0 Å². The van der Waals surface area contributed by atoms with Crippen molar-refractivity contribution in [1.82, 2.24) is 4.98 Å². The van der Waals surface area contributed by atoms with Crippen LogP contribution in [-0.4, -0.2) is 10.1 Å². The third-order valence-electron chi connectivity index (χ3n) is 1.74. The highest BCUT2D eigenvalue weighted by molar-refractivity contribution is 5.25. The van der Waals surface area contributed by atoms with Gasteiger partial charge >= 0.3 is 6.18 Å². The third kappa shape index (κ3) is 2.67. The minimum Gasteiger partial charge on any atom is -0.386 e. The van der Waals surface area contributed by atoms with E-state index in [0.29, 0.717) is 0 Å². The maximum Gasteiger partial charge on any atom is 0.418 e. The number of aromatic nitrogens is 1. The van der Waals surface area contributed by atoms with Crippen LogP contribution in [0.1, 0.15) is 23.8 Å². The lowest BCUT2D eigenvalue weighted by atomic mass is 10.1. The molecule has 1 N–H and O–H groups in total. The average Bonchev–Trinajstić information content (AvgIpc) is 2.17. The minimum absolute atomic E-state index is 0.417. The summed E-state index contributed by atoms with van der Waals surface area (Å²) in [5.41, 5.74) is -1.51. The van der Waals surface area contributed by atoms with Gasteiger partial charge in [-0.1, -0.05) is 0 Å². The lowest BCUT2D eigenvalue weighted by Gasteiger charge is -2.13. The highest BCUT2D eigenvalue weighted by atomic mass is 19.4. The van der Waals surface area contributed by atoms with Crippen LogP contribution in [0.3, 0.4) is 0 Å². The number of nitriles is 1. The number of pyridine rings is 1. The van der Waals surface area contributed by atoms with Crippen molar-refractivity contribution in [3.63, 3.8) is 0 Å². The summed E-state index contributed by atoms with van der Waals surface area (Å²) in [5.74, 6) is 0. The first kappa shape index (κ1) is 11.5. The number of aliphatic hydroxyl groups is 1. The fourth-order valence-electron chi connectivity index (χ4n) is 1.11. The van der Waals surface area contributed by atoms with E-state index >= 15 is 0 Å². The predicted octanol–water partition coefficient (Wildman–Crippen LogP) is 2.05. The molecule has 0 aliphatic carbocycles. The Morgan fingerprint density at radius 3 is 2.73 bits per heavy atom. The summed E-state index contributed by atoms with van der Waals surface area (Å²) in [4.78, 5) is 3.44. The third-order valence-corrected chi connectivity index (χ3v) is 1.74. The molecule has 1 rings (SSSR count). The van der Waals surface area contributed by atoms with Crippen LogP contribution in [0.15, 0.2) is 18.3 Å². The summed E-state index contributed by atoms with van der Waals surface area (Å²) in [5, 5.41) is 17.6. The van der Waals surface area contributed by atoms with Gasteiger partial charge in [0.1, 0.15) is 6.10 Å². The molecule has 0 fully saturated rings. The quantitative estimate of drug-likeness (QED) is 0.822. The van der Waals surface area contributed by atoms with Crippen LogP contribution in [0.25, 0.3) is 0 Å². The van der Waals surface area contributed by atoms with Crippen LogP contribution in [0.5, 0.6) is 0 Å². The van der Waals surface area contributed by atoms with Crippen LogP contribution in [-0.2, 0) is 6.18 Å². The van der Waals surface area contributed by atoms with Gasteiger partial charge in [-0.05, 0) is 12.1 Å². The Kier molecular flexibility index (Phi) is 3.27. The van der Waals surface area contributed by atoms with Gasteiger partial charge in [0.15, 0.2) is 0 Å². The van der Waals surface area contributed by atoms with Crippen molar-refractivity contribution in [2.24, 2.45) is 0 Å². The molecule has 80 valence electrons. The van der Waals surface area contributed by atoms with Gasteiger partial charge in [0.25, 0.3) is 0 Å². The molecule has 6 heteroatoms. The molecule has 3 nitrogen and oxygen atoms in total. The molecule has 1 unspecified atom stereocenters. The zero-order valence-corrected chi connectivity index (χ0v) is 7.49. The van der Waals surface area contributed by atoms with E-state index < -0.39 is 30.0 Å². The molecule has 0 radical (unpaired) electrons. The fourth-order valence-corrected chi connectivity index (χ4v) is 1.11. The van der Waals surface area contributed by atoms with Crippen molar-refractivity contribution in [3.05, 3.63) is 29.6 Å². The van der Waals surface area contributed by atoms with Crippen LogP contribution < -0.4 is 0 Å². The lowest BCUT2D eigenvalue weighted by molar-refractivity contribution is -0.139. The van der Waals surface area contributed by atoms with Crippen molar-refractivity contribution in [1.29, 1.82) is 5.26 Å². The van der Waals surface area contributed by atoms with Gasteiger partial charge in [-0.2, -0.15) is 18.4 Å². The number of aliphatic hydroxyl groups excluding tert-OH is 1. The summed E-state index contributed by atoms with van der Waals surface area (Å²) >= 11 is 0. The highest BCUT2D eigenvalue weighted by Crippen LogP contribution is 2.33. The molecule has 0 bridgehead atoms. The van der Waals surface area contributed by atoms with E-state index in [1.807, 2.05) is 0 Å². The summed E-state index contributed by atoms with van der Waals surface area (Å²) in [7, 11) is 0. The van der Waals surface area contributed by atoms with Crippen LogP contribution in [0, 0.1) is 11.3 Å². The smallest absolute Gasteiger partial charge is 0.386 e. The first-order valence-corrected chi connectivity index (χ1v) is 4.04. The Morgan fingerprint density at radius 2 is 2.20 bits per heavy atom. The summed E-state index contributed by atoms with van der Waals surface area (Å²) in [6.07, 6.45) is -5.35. The summed E-state index contributed by atoms with van der Waals surface area (Å²) < 4.78 is 37.2. The van der Waals surface area contributed by atoms with Crippen molar-refractivity contribution < 1.29 is 18.3 Å². The van der Waals surface area contributed by atoms with Gasteiger partial charge in [-0.3, -0.25) is 4.98 Å². The van der Waals surface area contributed by atoms with E-state index in [0.717, 1.165) is 18.3 Å². The maximum absolute atomic E-state index is 12.4. The average molecular weight is 216 g/mol. The van der Waals surface area contributed by atoms with Gasteiger partial charge < -0.3 is 5.11 Å². The Hall–Kier alpha value is -1.61. The van der Waals surface area contributed by atoms with Crippen LogP contribution in [0.2, 0.25) is 0 Å². The Bertz CT molecular complexity index is 384. The molecule has 1 atom stereocenters. The first-order chi connectivity index (χ1) is 6.96. The van der Waals surface area contributed by atoms with Crippen LogP contribution in [0.4, 0.5) is 13.2 Å². The normalized spacial score (nSPS) is 13.3. The van der Waals surface area contributed by atoms with E-state index in [4.69, 9.17) is 5.26 Å². The monoisotopic (exact) mass is 216 g/mol. The number of halogens is 3.